The van der Waals surface area contributed by atoms with E-state index >= 15 is 0 Å². The Labute approximate surface area is 147 Å². The first-order valence-electron chi connectivity index (χ1n) is 8.16. The van der Waals surface area contributed by atoms with Gasteiger partial charge in [0, 0.05) is 6.54 Å². The fourth-order valence-electron chi connectivity index (χ4n) is 2.62. The quantitative estimate of drug-likeness (QED) is 0.802. The molecule has 0 spiro atoms. The van der Waals surface area contributed by atoms with Gasteiger partial charge >= 0.3 is 5.97 Å². The Hall–Kier alpha value is -2.82. The number of benzene rings is 2. The highest BCUT2D eigenvalue weighted by atomic mass is 16.5. The fraction of sp³-hybridized carbons (Fsp3) is 0.300. The van der Waals surface area contributed by atoms with Gasteiger partial charge in [-0.25, -0.2) is 0 Å². The summed E-state index contributed by atoms with van der Waals surface area (Å²) in [7, 11) is 1.59. The Kier molecular flexibility index (Phi) is 6.57. The van der Waals surface area contributed by atoms with Gasteiger partial charge in [-0.15, -0.1) is 0 Å². The number of hydrogen-bond donors (Lipinski definition) is 1. The summed E-state index contributed by atoms with van der Waals surface area (Å²) in [5, 5.41) is 9.10. The van der Waals surface area contributed by atoms with Crippen molar-refractivity contribution in [2.75, 3.05) is 20.2 Å². The van der Waals surface area contributed by atoms with Crippen LogP contribution in [0.2, 0.25) is 0 Å². The lowest BCUT2D eigenvalue weighted by Crippen LogP contribution is -2.38. The SMILES string of the molecule is COc1cc(CC(=O)N(CCc2ccccc2)CC(=O)O)ccc1C. The third-order valence-corrected chi connectivity index (χ3v) is 4.02. The maximum absolute atomic E-state index is 12.6. The van der Waals surface area contributed by atoms with Crippen molar-refractivity contribution in [2.24, 2.45) is 0 Å². The third kappa shape index (κ3) is 5.64. The number of aliphatic carboxylic acids is 1. The van der Waals surface area contributed by atoms with E-state index in [1.54, 1.807) is 7.11 Å². The summed E-state index contributed by atoms with van der Waals surface area (Å²) in [5.74, 6) is -0.494. The van der Waals surface area contributed by atoms with Crippen LogP contribution in [0.3, 0.4) is 0 Å². The minimum atomic E-state index is -1.01. The van der Waals surface area contributed by atoms with Crippen LogP contribution in [0.1, 0.15) is 16.7 Å². The number of carbonyl (C=O) groups is 2. The highest BCUT2D eigenvalue weighted by Gasteiger charge is 2.17. The van der Waals surface area contributed by atoms with Crippen LogP contribution in [0.25, 0.3) is 0 Å². The summed E-state index contributed by atoms with van der Waals surface area (Å²) in [4.78, 5) is 25.1. The van der Waals surface area contributed by atoms with Crippen molar-refractivity contribution in [3.8, 4) is 5.75 Å². The lowest BCUT2D eigenvalue weighted by Gasteiger charge is -2.21. The molecule has 1 N–H and O–H groups in total. The number of methoxy groups -OCH3 is 1. The topological polar surface area (TPSA) is 66.8 Å². The molecule has 0 fully saturated rings. The Morgan fingerprint density at radius 1 is 1.08 bits per heavy atom. The number of carboxylic acid groups (broad SMARTS) is 1. The van der Waals surface area contributed by atoms with E-state index in [0.717, 1.165) is 22.4 Å². The van der Waals surface area contributed by atoms with Crippen molar-refractivity contribution in [2.45, 2.75) is 19.8 Å². The van der Waals surface area contributed by atoms with E-state index in [9.17, 15) is 9.59 Å². The number of rotatable bonds is 8. The van der Waals surface area contributed by atoms with Crippen LogP contribution >= 0.6 is 0 Å². The van der Waals surface area contributed by atoms with E-state index in [2.05, 4.69) is 0 Å². The summed E-state index contributed by atoms with van der Waals surface area (Å²) in [6, 6.07) is 15.3. The lowest BCUT2D eigenvalue weighted by atomic mass is 10.1. The summed E-state index contributed by atoms with van der Waals surface area (Å²) in [6.45, 7) is 2.01. The summed E-state index contributed by atoms with van der Waals surface area (Å²) < 4.78 is 5.28. The number of amides is 1. The maximum Gasteiger partial charge on any atom is 0.323 e. The normalized spacial score (nSPS) is 10.3. The second-order valence-corrected chi connectivity index (χ2v) is 5.93. The number of ether oxygens (including phenoxy) is 1. The number of nitrogens with zero attached hydrogens (tertiary/aromatic N) is 1. The Bertz CT molecular complexity index is 728. The van der Waals surface area contributed by atoms with Crippen LogP contribution in [0, 0.1) is 6.92 Å². The minimum Gasteiger partial charge on any atom is -0.496 e. The molecule has 2 aromatic carbocycles. The largest absolute Gasteiger partial charge is 0.496 e. The first-order valence-corrected chi connectivity index (χ1v) is 8.16. The van der Waals surface area contributed by atoms with E-state index in [0.29, 0.717) is 13.0 Å². The van der Waals surface area contributed by atoms with Crippen LogP contribution in [-0.2, 0) is 22.4 Å². The fourth-order valence-corrected chi connectivity index (χ4v) is 2.62. The molecule has 1 amide bonds. The van der Waals surface area contributed by atoms with Gasteiger partial charge in [-0.3, -0.25) is 9.59 Å². The van der Waals surface area contributed by atoms with Crippen molar-refractivity contribution in [3.63, 3.8) is 0 Å². The molecule has 0 saturated carbocycles. The van der Waals surface area contributed by atoms with Crippen LogP contribution in [0.4, 0.5) is 0 Å². The molecule has 0 heterocycles. The first kappa shape index (κ1) is 18.5. The van der Waals surface area contributed by atoms with Gasteiger partial charge in [0.1, 0.15) is 12.3 Å². The van der Waals surface area contributed by atoms with Gasteiger partial charge in [0.25, 0.3) is 0 Å². The molecule has 0 atom stereocenters. The van der Waals surface area contributed by atoms with Crippen molar-refractivity contribution in [3.05, 3.63) is 65.2 Å². The predicted molar refractivity (Wildman–Crippen MR) is 95.8 cm³/mol. The van der Waals surface area contributed by atoms with Crippen LogP contribution in [0.15, 0.2) is 48.5 Å². The van der Waals surface area contributed by atoms with Crippen molar-refractivity contribution in [1.29, 1.82) is 0 Å². The van der Waals surface area contributed by atoms with E-state index < -0.39 is 5.97 Å². The molecule has 5 heteroatoms. The smallest absolute Gasteiger partial charge is 0.323 e. The molecule has 25 heavy (non-hydrogen) atoms. The molecule has 0 unspecified atom stereocenters. The minimum absolute atomic E-state index is 0.151. The number of hydrogen-bond acceptors (Lipinski definition) is 3. The molecule has 0 aliphatic heterocycles. The van der Waals surface area contributed by atoms with Gasteiger partial charge in [-0.1, -0.05) is 42.5 Å². The first-order chi connectivity index (χ1) is 12.0. The van der Waals surface area contributed by atoms with Crippen LogP contribution in [-0.4, -0.2) is 42.1 Å². The van der Waals surface area contributed by atoms with Gasteiger partial charge in [0.15, 0.2) is 0 Å². The molecule has 0 saturated heterocycles. The maximum atomic E-state index is 12.6. The molecule has 2 rings (SSSR count). The van der Waals surface area contributed by atoms with Crippen molar-refractivity contribution in [1.82, 2.24) is 4.90 Å². The average molecular weight is 341 g/mol. The Balaban J connectivity index is 2.05. The van der Waals surface area contributed by atoms with Crippen molar-refractivity contribution >= 4 is 11.9 Å². The second kappa shape index (κ2) is 8.87. The van der Waals surface area contributed by atoms with Gasteiger partial charge in [0.2, 0.25) is 5.91 Å². The molecular formula is C20H23NO4. The zero-order chi connectivity index (χ0) is 18.2. The summed E-state index contributed by atoms with van der Waals surface area (Å²) in [5.41, 5.74) is 2.87. The Morgan fingerprint density at radius 3 is 2.44 bits per heavy atom. The monoisotopic (exact) mass is 341 g/mol. The molecule has 0 aliphatic carbocycles. The standard InChI is InChI=1S/C20H23NO4/c1-15-8-9-17(12-18(15)25-2)13-19(22)21(14-20(23)24)11-10-16-6-4-3-5-7-16/h3-9,12H,10-11,13-14H2,1-2H3,(H,23,24). The molecule has 5 nitrogen and oxygen atoms in total. The second-order valence-electron chi connectivity index (χ2n) is 5.93. The molecule has 0 aliphatic rings. The highest BCUT2D eigenvalue weighted by molar-refractivity contribution is 5.83. The molecule has 2 aromatic rings. The van der Waals surface area contributed by atoms with E-state index in [1.165, 1.54) is 4.90 Å². The molecule has 0 radical (unpaired) electrons. The van der Waals surface area contributed by atoms with Gasteiger partial charge in [-0.2, -0.15) is 0 Å². The van der Waals surface area contributed by atoms with E-state index in [4.69, 9.17) is 9.84 Å². The number of carbonyl (C=O) groups excluding carboxylic acids is 1. The third-order valence-electron chi connectivity index (χ3n) is 4.02. The van der Waals surface area contributed by atoms with E-state index in [1.807, 2.05) is 55.5 Å². The zero-order valence-corrected chi connectivity index (χ0v) is 14.6. The summed E-state index contributed by atoms with van der Waals surface area (Å²) >= 11 is 0. The average Bonchev–Trinajstić information content (AvgIpc) is 2.60. The molecular weight excluding hydrogens is 318 g/mol. The van der Waals surface area contributed by atoms with Crippen LogP contribution < -0.4 is 4.74 Å². The zero-order valence-electron chi connectivity index (χ0n) is 14.6. The van der Waals surface area contributed by atoms with Crippen LogP contribution in [0.5, 0.6) is 5.75 Å². The molecule has 0 aromatic heterocycles. The lowest BCUT2D eigenvalue weighted by molar-refractivity contribution is -0.144. The summed E-state index contributed by atoms with van der Waals surface area (Å²) in [6.07, 6.45) is 0.774. The van der Waals surface area contributed by atoms with Crippen molar-refractivity contribution < 1.29 is 19.4 Å². The van der Waals surface area contributed by atoms with E-state index in [-0.39, 0.29) is 18.9 Å². The number of carboxylic acids is 1. The van der Waals surface area contributed by atoms with Gasteiger partial charge in [-0.05, 0) is 36.1 Å². The number of aryl methyl sites for hydroxylation is 1. The highest BCUT2D eigenvalue weighted by Crippen LogP contribution is 2.19. The predicted octanol–water partition coefficient (Wildman–Crippen LogP) is 2.70. The molecule has 0 bridgehead atoms. The Morgan fingerprint density at radius 2 is 1.80 bits per heavy atom. The van der Waals surface area contributed by atoms with Gasteiger partial charge < -0.3 is 14.7 Å². The molecule has 132 valence electrons. The van der Waals surface area contributed by atoms with Gasteiger partial charge in [0.05, 0.1) is 13.5 Å².